The van der Waals surface area contributed by atoms with E-state index in [2.05, 4.69) is 35.5 Å². The van der Waals surface area contributed by atoms with Crippen molar-refractivity contribution in [2.75, 3.05) is 21.3 Å². The van der Waals surface area contributed by atoms with Gasteiger partial charge in [-0.2, -0.15) is 5.10 Å². The standard InChI is InChI=1S/C19H20N2O2/c1-21-18-7-5-4-6-17(18)15(13-20-21)9-8-14-12-16(22-2)10-11-19(14)23-3/h4-13,18H,1-3H3/b9-8+. The zero-order valence-electron chi connectivity index (χ0n) is 13.6. The van der Waals surface area contributed by atoms with Gasteiger partial charge in [0, 0.05) is 18.2 Å². The lowest BCUT2D eigenvalue weighted by molar-refractivity contribution is 0.326. The topological polar surface area (TPSA) is 34.1 Å². The molecule has 1 aromatic carbocycles. The van der Waals surface area contributed by atoms with Crippen molar-refractivity contribution in [3.05, 3.63) is 65.3 Å². The Morgan fingerprint density at radius 1 is 1.13 bits per heavy atom. The van der Waals surface area contributed by atoms with E-state index in [4.69, 9.17) is 9.47 Å². The molecule has 0 saturated carbocycles. The highest BCUT2D eigenvalue weighted by atomic mass is 16.5. The normalized spacial score (nSPS) is 19.4. The van der Waals surface area contributed by atoms with Gasteiger partial charge in [0.1, 0.15) is 11.5 Å². The first-order chi connectivity index (χ1) is 11.2. The van der Waals surface area contributed by atoms with Crippen LogP contribution in [0.4, 0.5) is 0 Å². The number of hydrazone groups is 1. The van der Waals surface area contributed by atoms with Gasteiger partial charge in [0.05, 0.1) is 26.5 Å². The molecule has 0 N–H and O–H groups in total. The Hall–Kier alpha value is -2.75. The first-order valence-electron chi connectivity index (χ1n) is 7.49. The number of methoxy groups -OCH3 is 2. The highest BCUT2D eigenvalue weighted by molar-refractivity contribution is 5.88. The third-order valence-electron chi connectivity index (χ3n) is 3.99. The third kappa shape index (κ3) is 3.06. The fourth-order valence-electron chi connectivity index (χ4n) is 2.71. The van der Waals surface area contributed by atoms with E-state index in [1.807, 2.05) is 42.5 Å². The van der Waals surface area contributed by atoms with Crippen LogP contribution in [0, 0.1) is 0 Å². The van der Waals surface area contributed by atoms with Gasteiger partial charge in [-0.1, -0.05) is 36.5 Å². The van der Waals surface area contributed by atoms with Crippen LogP contribution in [0.25, 0.3) is 6.08 Å². The van der Waals surface area contributed by atoms with Gasteiger partial charge in [0.25, 0.3) is 0 Å². The lowest BCUT2D eigenvalue weighted by Gasteiger charge is -2.29. The zero-order chi connectivity index (χ0) is 16.2. The SMILES string of the molecule is COc1ccc(OC)c(/C=C/C2=C3C=CC=CC3N(C)N=C2)c1. The minimum atomic E-state index is 0.192. The van der Waals surface area contributed by atoms with Crippen molar-refractivity contribution >= 4 is 12.3 Å². The van der Waals surface area contributed by atoms with Crippen molar-refractivity contribution in [2.45, 2.75) is 6.04 Å². The zero-order valence-corrected chi connectivity index (χ0v) is 13.6. The van der Waals surface area contributed by atoms with Crippen molar-refractivity contribution in [2.24, 2.45) is 5.10 Å². The van der Waals surface area contributed by atoms with Crippen LogP contribution in [0.1, 0.15) is 5.56 Å². The van der Waals surface area contributed by atoms with E-state index in [-0.39, 0.29) is 6.04 Å². The molecule has 1 aliphatic carbocycles. The predicted octanol–water partition coefficient (Wildman–Crippen LogP) is 3.44. The molecule has 1 aliphatic heterocycles. The predicted molar refractivity (Wildman–Crippen MR) is 93.9 cm³/mol. The van der Waals surface area contributed by atoms with E-state index in [1.165, 1.54) is 5.57 Å². The summed E-state index contributed by atoms with van der Waals surface area (Å²) in [6.07, 6.45) is 14.4. The van der Waals surface area contributed by atoms with Gasteiger partial charge in [-0.15, -0.1) is 0 Å². The number of hydrogen-bond donors (Lipinski definition) is 0. The fraction of sp³-hybridized carbons (Fsp3) is 0.211. The maximum absolute atomic E-state index is 5.42. The Kier molecular flexibility index (Phi) is 4.33. The highest BCUT2D eigenvalue weighted by Crippen LogP contribution is 2.28. The van der Waals surface area contributed by atoms with Crippen LogP contribution in [0.15, 0.2) is 64.8 Å². The molecule has 0 amide bonds. The third-order valence-corrected chi connectivity index (χ3v) is 3.99. The van der Waals surface area contributed by atoms with Crippen LogP contribution >= 0.6 is 0 Å². The summed E-state index contributed by atoms with van der Waals surface area (Å²) in [7, 11) is 5.31. The lowest BCUT2D eigenvalue weighted by atomic mass is 9.95. The molecule has 1 atom stereocenters. The van der Waals surface area contributed by atoms with Crippen LogP contribution in [-0.4, -0.2) is 38.5 Å². The van der Waals surface area contributed by atoms with E-state index in [9.17, 15) is 0 Å². The minimum Gasteiger partial charge on any atom is -0.497 e. The van der Waals surface area contributed by atoms with Gasteiger partial charge in [0.15, 0.2) is 0 Å². The van der Waals surface area contributed by atoms with Crippen molar-refractivity contribution in [3.8, 4) is 11.5 Å². The van der Waals surface area contributed by atoms with Gasteiger partial charge < -0.3 is 9.47 Å². The Morgan fingerprint density at radius 3 is 2.78 bits per heavy atom. The molecular formula is C19H20N2O2. The molecule has 3 rings (SSSR count). The van der Waals surface area contributed by atoms with E-state index in [1.54, 1.807) is 14.2 Å². The minimum absolute atomic E-state index is 0.192. The number of ether oxygens (including phenoxy) is 2. The van der Waals surface area contributed by atoms with E-state index >= 15 is 0 Å². The van der Waals surface area contributed by atoms with Gasteiger partial charge in [-0.3, -0.25) is 5.01 Å². The molecule has 0 bridgehead atoms. The van der Waals surface area contributed by atoms with E-state index in [0.717, 1.165) is 22.6 Å². The smallest absolute Gasteiger partial charge is 0.126 e. The summed E-state index contributed by atoms with van der Waals surface area (Å²) in [5, 5.41) is 6.40. The van der Waals surface area contributed by atoms with Gasteiger partial charge in [0.2, 0.25) is 0 Å². The maximum atomic E-state index is 5.42. The average Bonchev–Trinajstić information content (AvgIpc) is 2.61. The monoisotopic (exact) mass is 308 g/mol. The Bertz CT molecular complexity index is 742. The summed E-state index contributed by atoms with van der Waals surface area (Å²) in [4.78, 5) is 0. The summed E-state index contributed by atoms with van der Waals surface area (Å²) in [5.74, 6) is 1.62. The summed E-state index contributed by atoms with van der Waals surface area (Å²) < 4.78 is 10.7. The molecule has 1 heterocycles. The van der Waals surface area contributed by atoms with E-state index in [0.29, 0.717) is 0 Å². The Balaban J connectivity index is 1.95. The number of likely N-dealkylation sites (N-methyl/N-ethyl adjacent to an activating group) is 1. The summed E-state index contributed by atoms with van der Waals surface area (Å²) in [6, 6.07) is 5.95. The maximum Gasteiger partial charge on any atom is 0.126 e. The number of rotatable bonds is 4. The molecule has 23 heavy (non-hydrogen) atoms. The molecule has 0 saturated heterocycles. The molecule has 0 fully saturated rings. The second kappa shape index (κ2) is 6.57. The fourth-order valence-corrected chi connectivity index (χ4v) is 2.71. The largest absolute Gasteiger partial charge is 0.497 e. The van der Waals surface area contributed by atoms with Crippen LogP contribution < -0.4 is 9.47 Å². The molecule has 4 heteroatoms. The first-order valence-corrected chi connectivity index (χ1v) is 7.49. The van der Waals surface area contributed by atoms with Crippen LogP contribution in [0.2, 0.25) is 0 Å². The first kappa shape index (κ1) is 15.2. The Labute approximate surface area is 136 Å². The lowest BCUT2D eigenvalue weighted by Crippen LogP contribution is -2.31. The number of fused-ring (bicyclic) bond motifs is 1. The molecule has 0 spiro atoms. The van der Waals surface area contributed by atoms with Crippen molar-refractivity contribution in [1.82, 2.24) is 5.01 Å². The second-order valence-corrected chi connectivity index (χ2v) is 5.36. The molecule has 0 aromatic heterocycles. The van der Waals surface area contributed by atoms with Crippen molar-refractivity contribution < 1.29 is 9.47 Å². The van der Waals surface area contributed by atoms with Gasteiger partial charge in [-0.25, -0.2) is 0 Å². The average molecular weight is 308 g/mol. The quantitative estimate of drug-likeness (QED) is 0.854. The number of allylic oxidation sites excluding steroid dienone is 4. The van der Waals surface area contributed by atoms with Crippen LogP contribution in [0.3, 0.4) is 0 Å². The number of benzene rings is 1. The Morgan fingerprint density at radius 2 is 2.00 bits per heavy atom. The molecule has 118 valence electrons. The van der Waals surface area contributed by atoms with Gasteiger partial charge in [-0.05, 0) is 23.8 Å². The van der Waals surface area contributed by atoms with Crippen LogP contribution in [-0.2, 0) is 0 Å². The van der Waals surface area contributed by atoms with Crippen LogP contribution in [0.5, 0.6) is 11.5 Å². The molecule has 0 radical (unpaired) electrons. The van der Waals surface area contributed by atoms with E-state index < -0.39 is 0 Å². The molecule has 1 unspecified atom stereocenters. The summed E-state index contributed by atoms with van der Waals surface area (Å²) in [6.45, 7) is 0. The summed E-state index contributed by atoms with van der Waals surface area (Å²) >= 11 is 0. The van der Waals surface area contributed by atoms with Gasteiger partial charge >= 0.3 is 0 Å². The molecule has 2 aliphatic rings. The highest BCUT2D eigenvalue weighted by Gasteiger charge is 2.21. The van der Waals surface area contributed by atoms with Crippen molar-refractivity contribution in [1.29, 1.82) is 0 Å². The molecule has 4 nitrogen and oxygen atoms in total. The second-order valence-electron chi connectivity index (χ2n) is 5.36. The number of nitrogens with zero attached hydrogens (tertiary/aromatic N) is 2. The molecule has 1 aromatic rings. The van der Waals surface area contributed by atoms with Crippen molar-refractivity contribution in [3.63, 3.8) is 0 Å². The molecular weight excluding hydrogens is 288 g/mol. The number of hydrogen-bond acceptors (Lipinski definition) is 4. The summed E-state index contributed by atoms with van der Waals surface area (Å²) in [5.41, 5.74) is 3.31.